The van der Waals surface area contributed by atoms with Crippen LogP contribution in [0.5, 0.6) is 0 Å². The molecule has 0 aliphatic carbocycles. The summed E-state index contributed by atoms with van der Waals surface area (Å²) in [5.41, 5.74) is 5.93. The second-order valence-corrected chi connectivity index (χ2v) is 7.88. The number of aryl methyl sites for hydroxylation is 2. The molecule has 1 aliphatic rings. The number of pyridine rings is 1. The molecule has 0 saturated carbocycles. The topological polar surface area (TPSA) is 66.8 Å². The number of aromatic amines is 1. The number of rotatable bonds is 2. The van der Waals surface area contributed by atoms with Crippen LogP contribution < -0.4 is 10.5 Å². The van der Waals surface area contributed by atoms with Gasteiger partial charge in [0, 0.05) is 41.0 Å². The van der Waals surface area contributed by atoms with Crippen LogP contribution in [0.2, 0.25) is 5.02 Å². The van der Waals surface area contributed by atoms with Crippen molar-refractivity contribution in [3.05, 3.63) is 87.3 Å². The van der Waals surface area contributed by atoms with E-state index in [4.69, 9.17) is 11.6 Å². The average Bonchev–Trinajstić information content (AvgIpc) is 3.01. The van der Waals surface area contributed by atoms with Crippen molar-refractivity contribution in [2.45, 2.75) is 20.3 Å². The van der Waals surface area contributed by atoms with E-state index in [-0.39, 0.29) is 5.56 Å². The highest BCUT2D eigenvalue weighted by molar-refractivity contribution is 6.30. The molecule has 3 heterocycles. The third-order valence-electron chi connectivity index (χ3n) is 5.52. The molecule has 0 spiro atoms. The van der Waals surface area contributed by atoms with Gasteiger partial charge in [0.05, 0.1) is 11.4 Å². The van der Waals surface area contributed by atoms with Crippen molar-refractivity contribution in [3.8, 4) is 16.8 Å². The van der Waals surface area contributed by atoms with Gasteiger partial charge in [-0.1, -0.05) is 17.7 Å². The summed E-state index contributed by atoms with van der Waals surface area (Å²) in [6.45, 7) is 4.65. The van der Waals surface area contributed by atoms with Crippen molar-refractivity contribution in [1.82, 2.24) is 19.7 Å². The van der Waals surface area contributed by atoms with Crippen LogP contribution in [-0.2, 0) is 6.42 Å². The lowest BCUT2D eigenvalue weighted by molar-refractivity contribution is 0.838. The zero-order valence-corrected chi connectivity index (χ0v) is 17.4. The van der Waals surface area contributed by atoms with Crippen molar-refractivity contribution < 1.29 is 0 Å². The maximum atomic E-state index is 11.7. The summed E-state index contributed by atoms with van der Waals surface area (Å²) in [7, 11) is 0. The highest BCUT2D eigenvalue weighted by Gasteiger charge is 2.24. The third kappa shape index (κ3) is 3.09. The minimum atomic E-state index is -0.0986. The first-order valence-corrected chi connectivity index (χ1v) is 10.2. The van der Waals surface area contributed by atoms with Gasteiger partial charge < -0.3 is 9.88 Å². The molecule has 0 atom stereocenters. The van der Waals surface area contributed by atoms with Gasteiger partial charge in [0.2, 0.25) is 5.56 Å². The number of halogens is 1. The molecule has 0 bridgehead atoms. The molecule has 0 radical (unpaired) electrons. The van der Waals surface area contributed by atoms with Crippen molar-refractivity contribution >= 4 is 23.0 Å². The summed E-state index contributed by atoms with van der Waals surface area (Å²) in [6.07, 6.45) is 0.769. The number of anilines is 2. The fraction of sp³-hybridized carbons (Fsp3) is 0.174. The van der Waals surface area contributed by atoms with E-state index in [2.05, 4.69) is 42.8 Å². The van der Waals surface area contributed by atoms with Crippen LogP contribution in [0.25, 0.3) is 16.8 Å². The van der Waals surface area contributed by atoms with Crippen LogP contribution in [0.1, 0.15) is 17.3 Å². The predicted octanol–water partition coefficient (Wildman–Crippen LogP) is 4.59. The van der Waals surface area contributed by atoms with E-state index in [0.29, 0.717) is 5.02 Å². The number of benzene rings is 2. The first-order chi connectivity index (χ1) is 14.5. The molecule has 0 fully saturated rings. The maximum Gasteiger partial charge on any atom is 0.248 e. The van der Waals surface area contributed by atoms with Crippen molar-refractivity contribution in [2.75, 3.05) is 11.4 Å². The van der Waals surface area contributed by atoms with E-state index in [1.54, 1.807) is 6.07 Å². The lowest BCUT2D eigenvalue weighted by Gasteiger charge is -2.26. The highest BCUT2D eigenvalue weighted by Crippen LogP contribution is 2.38. The number of nitrogens with one attached hydrogen (secondary N) is 1. The predicted molar refractivity (Wildman–Crippen MR) is 119 cm³/mol. The Morgan fingerprint density at radius 3 is 2.53 bits per heavy atom. The second kappa shape index (κ2) is 7.15. The van der Waals surface area contributed by atoms with Crippen LogP contribution in [0.3, 0.4) is 0 Å². The van der Waals surface area contributed by atoms with Crippen molar-refractivity contribution in [3.63, 3.8) is 0 Å². The largest absolute Gasteiger partial charge is 0.339 e. The minimum absolute atomic E-state index is 0.0986. The molecule has 5 rings (SSSR count). The molecule has 4 aromatic rings. The lowest BCUT2D eigenvalue weighted by atomic mass is 10.0. The van der Waals surface area contributed by atoms with Gasteiger partial charge in [-0.3, -0.25) is 9.36 Å². The third-order valence-corrected chi connectivity index (χ3v) is 5.78. The normalized spacial score (nSPS) is 13.0. The molecular formula is C23H20ClN5O. The van der Waals surface area contributed by atoms with Crippen molar-refractivity contribution in [2.24, 2.45) is 0 Å². The summed E-state index contributed by atoms with van der Waals surface area (Å²) < 4.78 is 2.12. The van der Waals surface area contributed by atoms with E-state index < -0.39 is 0 Å². The Balaban J connectivity index is 1.73. The van der Waals surface area contributed by atoms with E-state index >= 15 is 0 Å². The number of H-pyrrole nitrogens is 1. The number of nitrogens with zero attached hydrogens (tertiary/aromatic N) is 4. The summed E-state index contributed by atoms with van der Waals surface area (Å²) in [6, 6.07) is 17.6. The Labute approximate surface area is 178 Å². The highest BCUT2D eigenvalue weighted by atomic mass is 35.5. The van der Waals surface area contributed by atoms with Crippen LogP contribution in [0.15, 0.2) is 59.4 Å². The molecule has 1 aliphatic heterocycles. The average molecular weight is 418 g/mol. The van der Waals surface area contributed by atoms with Crippen LogP contribution in [0, 0.1) is 13.8 Å². The van der Waals surface area contributed by atoms with Gasteiger partial charge in [-0.25, -0.2) is 0 Å². The first kappa shape index (κ1) is 18.6. The molecule has 2 aromatic heterocycles. The Morgan fingerprint density at radius 1 is 0.967 bits per heavy atom. The van der Waals surface area contributed by atoms with E-state index in [9.17, 15) is 4.79 Å². The minimum Gasteiger partial charge on any atom is -0.339 e. The van der Waals surface area contributed by atoms with E-state index in [0.717, 1.165) is 58.5 Å². The van der Waals surface area contributed by atoms with Gasteiger partial charge in [-0.2, -0.15) is 0 Å². The van der Waals surface area contributed by atoms with Gasteiger partial charge in [0.1, 0.15) is 11.6 Å². The number of hydrogen-bond donors (Lipinski definition) is 1. The van der Waals surface area contributed by atoms with Gasteiger partial charge in [-0.15, -0.1) is 10.2 Å². The van der Waals surface area contributed by atoms with Crippen LogP contribution in [0.4, 0.5) is 11.4 Å². The maximum absolute atomic E-state index is 11.7. The van der Waals surface area contributed by atoms with Gasteiger partial charge in [-0.05, 0) is 61.9 Å². The van der Waals surface area contributed by atoms with Gasteiger partial charge in [0.25, 0.3) is 0 Å². The fourth-order valence-electron chi connectivity index (χ4n) is 4.09. The summed E-state index contributed by atoms with van der Waals surface area (Å²) >= 11 is 6.12. The van der Waals surface area contributed by atoms with Crippen LogP contribution in [-0.4, -0.2) is 26.3 Å². The Bertz CT molecular complexity index is 1310. The zero-order valence-electron chi connectivity index (χ0n) is 16.7. The second-order valence-electron chi connectivity index (χ2n) is 7.44. The number of hydrogen-bond acceptors (Lipinski definition) is 4. The monoisotopic (exact) mass is 417 g/mol. The fourth-order valence-corrected chi connectivity index (χ4v) is 4.22. The molecule has 1 N–H and O–H groups in total. The Kier molecular flexibility index (Phi) is 4.44. The summed E-state index contributed by atoms with van der Waals surface area (Å²) in [4.78, 5) is 16.8. The van der Waals surface area contributed by atoms with Crippen molar-refractivity contribution in [1.29, 1.82) is 0 Å². The van der Waals surface area contributed by atoms with E-state index in [1.165, 1.54) is 0 Å². The Morgan fingerprint density at radius 2 is 1.77 bits per heavy atom. The molecule has 150 valence electrons. The molecule has 7 heteroatoms. The van der Waals surface area contributed by atoms with Gasteiger partial charge in [0.15, 0.2) is 0 Å². The smallest absolute Gasteiger partial charge is 0.248 e. The molecule has 0 saturated heterocycles. The molecule has 2 aromatic carbocycles. The molecule has 30 heavy (non-hydrogen) atoms. The van der Waals surface area contributed by atoms with Crippen LogP contribution >= 0.6 is 11.6 Å². The quantitative estimate of drug-likeness (QED) is 0.518. The SMILES string of the molecule is Cc1[nH]c(=O)ccc1-c1ccc2c(c1)N(c1ccc(Cl)cc1)CCc1nnc(C)n1-2. The zero-order chi connectivity index (χ0) is 20.8. The summed E-state index contributed by atoms with van der Waals surface area (Å²) in [5, 5.41) is 9.38. The lowest BCUT2D eigenvalue weighted by Crippen LogP contribution is -2.19. The standard InChI is InChI=1S/C23H20ClN5O/c1-14-19(8-10-23(30)25-14)16-3-9-20-21(13-16)28(18-6-4-17(24)5-7-18)12-11-22-27-26-15(2)29(20)22/h3-10,13H,11-12H2,1-2H3,(H,25,30). The molecular weight excluding hydrogens is 398 g/mol. The molecule has 0 unspecified atom stereocenters. The first-order valence-electron chi connectivity index (χ1n) is 9.80. The molecule has 0 amide bonds. The van der Waals surface area contributed by atoms with Gasteiger partial charge >= 0.3 is 0 Å². The Hall–Kier alpha value is -3.38. The number of aromatic nitrogens is 4. The molecule has 6 nitrogen and oxygen atoms in total. The summed E-state index contributed by atoms with van der Waals surface area (Å²) in [5.74, 6) is 1.80. The van der Waals surface area contributed by atoms with E-state index in [1.807, 2.05) is 44.2 Å². The number of fused-ring (bicyclic) bond motifs is 3.